The Morgan fingerprint density at radius 1 is 1.19 bits per heavy atom. The van der Waals surface area contributed by atoms with E-state index in [1.165, 1.54) is 0 Å². The highest BCUT2D eigenvalue weighted by Gasteiger charge is 2.75. The first-order chi connectivity index (χ1) is 17.3. The zero-order chi connectivity index (χ0) is 26.0. The first-order valence-corrected chi connectivity index (χ1v) is 13.5. The van der Waals surface area contributed by atoms with E-state index in [1.807, 2.05) is 51.1 Å². The van der Waals surface area contributed by atoms with Crippen LogP contribution in [0.2, 0.25) is 0 Å². The first kappa shape index (κ1) is 26.6. The van der Waals surface area contributed by atoms with Crippen LogP contribution >= 0.6 is 0 Å². The van der Waals surface area contributed by atoms with Crippen molar-refractivity contribution < 1.29 is 24.2 Å². The molecule has 36 heavy (non-hydrogen) atoms. The maximum absolute atomic E-state index is 14.1. The zero-order valence-electron chi connectivity index (χ0n) is 21.9. The number of ether oxygens (including phenoxy) is 1. The summed E-state index contributed by atoms with van der Waals surface area (Å²) in [6, 6.07) is 8.22. The molecule has 3 aliphatic rings. The quantitative estimate of drug-likeness (QED) is 0.433. The smallest absolute Gasteiger partial charge is 0.246 e. The second-order valence-electron chi connectivity index (χ2n) is 10.8. The molecule has 1 aromatic rings. The molecule has 3 fully saturated rings. The third-order valence-electron chi connectivity index (χ3n) is 8.55. The maximum atomic E-state index is 14.1. The number of likely N-dealkylation sites (tertiary alicyclic amines) is 1. The lowest BCUT2D eigenvalue weighted by atomic mass is 9.70. The lowest BCUT2D eigenvalue weighted by Crippen LogP contribution is -2.60. The summed E-state index contributed by atoms with van der Waals surface area (Å²) >= 11 is 0. The molecule has 8 atom stereocenters. The molecular formula is C28H41N3O5. The van der Waals surface area contributed by atoms with E-state index >= 15 is 0 Å². The number of hydrogen-bond acceptors (Lipinski definition) is 5. The number of carbonyl (C=O) groups excluding carboxylic acids is 3. The van der Waals surface area contributed by atoms with Gasteiger partial charge in [0, 0.05) is 12.6 Å². The van der Waals surface area contributed by atoms with Crippen molar-refractivity contribution in [3.63, 3.8) is 0 Å². The fourth-order valence-corrected chi connectivity index (χ4v) is 6.59. The fraction of sp³-hybridized carbons (Fsp3) is 0.679. The molecule has 3 heterocycles. The number of aliphatic hydroxyl groups is 1. The highest BCUT2D eigenvalue weighted by Crippen LogP contribution is 2.59. The van der Waals surface area contributed by atoms with Crippen LogP contribution in [-0.4, -0.2) is 64.2 Å². The molecule has 3 unspecified atom stereocenters. The van der Waals surface area contributed by atoms with Crippen LogP contribution in [0.15, 0.2) is 30.3 Å². The van der Waals surface area contributed by atoms with Gasteiger partial charge in [0.25, 0.3) is 0 Å². The van der Waals surface area contributed by atoms with E-state index in [0.717, 1.165) is 24.8 Å². The number of amides is 3. The van der Waals surface area contributed by atoms with Gasteiger partial charge in [0.15, 0.2) is 0 Å². The molecule has 0 radical (unpaired) electrons. The lowest BCUT2D eigenvalue weighted by Gasteiger charge is -2.39. The Kier molecular flexibility index (Phi) is 8.05. The van der Waals surface area contributed by atoms with Crippen molar-refractivity contribution in [3.05, 3.63) is 35.9 Å². The van der Waals surface area contributed by atoms with Gasteiger partial charge in [-0.05, 0) is 37.7 Å². The van der Waals surface area contributed by atoms with Crippen LogP contribution in [0.1, 0.15) is 65.4 Å². The Labute approximate surface area is 214 Å². The first-order valence-electron chi connectivity index (χ1n) is 13.5. The lowest BCUT2D eigenvalue weighted by molar-refractivity contribution is -0.147. The third kappa shape index (κ3) is 4.54. The second-order valence-corrected chi connectivity index (χ2v) is 10.8. The van der Waals surface area contributed by atoms with Crippen LogP contribution in [0, 0.1) is 17.8 Å². The van der Waals surface area contributed by atoms with Crippen molar-refractivity contribution in [1.82, 2.24) is 15.5 Å². The summed E-state index contributed by atoms with van der Waals surface area (Å²) in [5.74, 6) is -2.12. The van der Waals surface area contributed by atoms with Crippen LogP contribution in [-0.2, 0) is 25.7 Å². The number of nitrogens with one attached hydrogen (secondary N) is 2. The Balaban J connectivity index is 1.65. The van der Waals surface area contributed by atoms with E-state index in [2.05, 4.69) is 17.6 Å². The largest absolute Gasteiger partial charge is 0.394 e. The number of aliphatic hydroxyl groups excluding tert-OH is 1. The van der Waals surface area contributed by atoms with Crippen LogP contribution in [0.5, 0.6) is 0 Å². The number of rotatable bonds is 11. The summed E-state index contributed by atoms with van der Waals surface area (Å²) in [5, 5.41) is 16.4. The Morgan fingerprint density at radius 3 is 2.56 bits per heavy atom. The Morgan fingerprint density at radius 2 is 1.92 bits per heavy atom. The van der Waals surface area contributed by atoms with Crippen LogP contribution in [0.4, 0.5) is 0 Å². The van der Waals surface area contributed by atoms with E-state index in [0.29, 0.717) is 19.4 Å². The number of fused-ring (bicyclic) bond motifs is 1. The second kappa shape index (κ2) is 10.9. The average molecular weight is 500 g/mol. The average Bonchev–Trinajstić information content (AvgIpc) is 3.51. The van der Waals surface area contributed by atoms with Crippen molar-refractivity contribution in [2.75, 3.05) is 6.61 Å². The van der Waals surface area contributed by atoms with Gasteiger partial charge in [0.05, 0.1) is 30.6 Å². The molecular weight excluding hydrogens is 458 g/mol. The molecule has 198 valence electrons. The molecule has 1 aromatic carbocycles. The highest BCUT2D eigenvalue weighted by atomic mass is 16.5. The summed E-state index contributed by atoms with van der Waals surface area (Å²) in [6.45, 7) is 8.14. The molecule has 0 aliphatic carbocycles. The van der Waals surface area contributed by atoms with Gasteiger partial charge in [-0.15, -0.1) is 0 Å². The normalized spacial score (nSPS) is 31.1. The molecule has 3 amide bonds. The summed E-state index contributed by atoms with van der Waals surface area (Å²) in [4.78, 5) is 42.9. The Bertz CT molecular complexity index is 956. The summed E-state index contributed by atoms with van der Waals surface area (Å²) in [7, 11) is 0. The van der Waals surface area contributed by atoms with Crippen LogP contribution in [0.3, 0.4) is 0 Å². The van der Waals surface area contributed by atoms with Crippen molar-refractivity contribution in [1.29, 1.82) is 0 Å². The third-order valence-corrected chi connectivity index (χ3v) is 8.55. The monoisotopic (exact) mass is 499 g/mol. The van der Waals surface area contributed by atoms with Gasteiger partial charge in [0.1, 0.15) is 11.6 Å². The number of carbonyl (C=O) groups is 3. The fourth-order valence-electron chi connectivity index (χ4n) is 6.59. The molecule has 3 N–H and O–H groups in total. The summed E-state index contributed by atoms with van der Waals surface area (Å²) < 4.78 is 6.49. The van der Waals surface area contributed by atoms with E-state index in [1.54, 1.807) is 4.90 Å². The van der Waals surface area contributed by atoms with Crippen molar-refractivity contribution in [2.24, 2.45) is 17.8 Å². The van der Waals surface area contributed by atoms with Gasteiger partial charge >= 0.3 is 0 Å². The zero-order valence-corrected chi connectivity index (χ0v) is 21.9. The summed E-state index contributed by atoms with van der Waals surface area (Å²) in [6.07, 6.45) is 3.28. The van der Waals surface area contributed by atoms with Gasteiger partial charge in [-0.3, -0.25) is 14.4 Å². The van der Waals surface area contributed by atoms with Gasteiger partial charge in [-0.2, -0.15) is 0 Å². The SMILES string of the molecule is CCCC(C)NC(=O)C1N([C@@H](CO)[C@@H](C)CC)C(=O)[C@@H]2[C@@H](C(=O)NCc3ccccc3)[C@H]3CCC12O3. The molecule has 2 bridgehead atoms. The van der Waals surface area contributed by atoms with Crippen molar-refractivity contribution in [3.8, 4) is 0 Å². The molecule has 0 saturated carbocycles. The van der Waals surface area contributed by atoms with Crippen molar-refractivity contribution >= 4 is 17.7 Å². The van der Waals surface area contributed by atoms with E-state index in [9.17, 15) is 19.5 Å². The number of benzene rings is 1. The predicted molar refractivity (Wildman–Crippen MR) is 136 cm³/mol. The van der Waals surface area contributed by atoms with E-state index in [-0.39, 0.29) is 36.3 Å². The minimum Gasteiger partial charge on any atom is -0.394 e. The van der Waals surface area contributed by atoms with Crippen LogP contribution in [0.25, 0.3) is 0 Å². The van der Waals surface area contributed by atoms with Gasteiger partial charge in [-0.1, -0.05) is 63.9 Å². The molecule has 0 aromatic heterocycles. The van der Waals surface area contributed by atoms with Gasteiger partial charge in [0.2, 0.25) is 17.7 Å². The van der Waals surface area contributed by atoms with Gasteiger partial charge in [-0.25, -0.2) is 0 Å². The van der Waals surface area contributed by atoms with E-state index in [4.69, 9.17) is 4.74 Å². The molecule has 8 heteroatoms. The van der Waals surface area contributed by atoms with Gasteiger partial charge < -0.3 is 25.4 Å². The molecule has 3 saturated heterocycles. The molecule has 3 aliphatic heterocycles. The topological polar surface area (TPSA) is 108 Å². The summed E-state index contributed by atoms with van der Waals surface area (Å²) in [5.41, 5.74) is -0.0729. The minimum atomic E-state index is -1.05. The molecule has 1 spiro atoms. The Hall–Kier alpha value is -2.45. The van der Waals surface area contributed by atoms with E-state index < -0.39 is 35.6 Å². The minimum absolute atomic E-state index is 0.0138. The number of hydrogen-bond donors (Lipinski definition) is 3. The molecule has 8 nitrogen and oxygen atoms in total. The number of nitrogens with zero attached hydrogens (tertiary/aromatic N) is 1. The van der Waals surface area contributed by atoms with Crippen LogP contribution < -0.4 is 10.6 Å². The molecule has 4 rings (SSSR count). The standard InChI is InChI=1S/C28H41N3O5/c1-5-10-18(4)30-26(34)24-28-14-13-21(36-28)22(25(33)29-15-19-11-8-7-9-12-19)23(28)27(35)31(24)20(16-32)17(3)6-2/h7-9,11-12,17-18,20-24,32H,5-6,10,13-16H2,1-4H3,(H,29,33)(H,30,34)/t17-,18?,20-,21+,22-,23-,24?,28?/m0/s1. The predicted octanol–water partition coefficient (Wildman–Crippen LogP) is 2.39. The van der Waals surface area contributed by atoms with Crippen molar-refractivity contribution in [2.45, 2.75) is 96.2 Å². The maximum Gasteiger partial charge on any atom is 0.246 e. The highest BCUT2D eigenvalue weighted by molar-refractivity contribution is 5.99.